The Balaban J connectivity index is 2.21. The number of benzene rings is 1. The van der Waals surface area contributed by atoms with Gasteiger partial charge in [0.25, 0.3) is 0 Å². The molecule has 0 fully saturated rings. The summed E-state index contributed by atoms with van der Waals surface area (Å²) in [4.78, 5) is 26.1. The molecule has 0 aliphatic heterocycles. The number of fused-ring (bicyclic) bond motifs is 1. The van der Waals surface area contributed by atoms with Crippen molar-refractivity contribution in [2.75, 3.05) is 0 Å². The first-order chi connectivity index (χ1) is 12.8. The van der Waals surface area contributed by atoms with Crippen molar-refractivity contribution in [1.29, 1.82) is 0 Å². The molecule has 3 aliphatic carbocycles. The molecule has 1 aromatic carbocycles. The van der Waals surface area contributed by atoms with Crippen LogP contribution in [0.5, 0.6) is 0 Å². The van der Waals surface area contributed by atoms with Crippen LogP contribution in [-0.2, 0) is 19.1 Å². The average molecular weight is 388 g/mol. The maximum atomic E-state index is 13.1. The Hall–Kier alpha value is -2.18. The second kappa shape index (κ2) is 6.71. The zero-order valence-electron chi connectivity index (χ0n) is 17.1. The second-order valence-corrected chi connectivity index (χ2v) is 9.40. The quantitative estimate of drug-likeness (QED) is 0.757. The van der Waals surface area contributed by atoms with Gasteiger partial charge in [-0.1, -0.05) is 24.3 Å². The van der Waals surface area contributed by atoms with Gasteiger partial charge in [-0.3, -0.25) is 0 Å². The van der Waals surface area contributed by atoms with Crippen LogP contribution >= 0.6 is 0 Å². The molecule has 0 saturated heterocycles. The van der Waals surface area contributed by atoms with Crippen molar-refractivity contribution < 1.29 is 29.3 Å². The van der Waals surface area contributed by atoms with Crippen LogP contribution in [-0.4, -0.2) is 45.6 Å². The Morgan fingerprint density at radius 3 is 1.36 bits per heavy atom. The molecule has 0 saturated carbocycles. The lowest BCUT2D eigenvalue weighted by Gasteiger charge is -2.46. The van der Waals surface area contributed by atoms with Crippen LogP contribution in [0.25, 0.3) is 0 Å². The fourth-order valence-electron chi connectivity index (χ4n) is 3.97. The van der Waals surface area contributed by atoms with Crippen LogP contribution < -0.4 is 0 Å². The number of aliphatic hydroxyl groups excluding tert-OH is 2. The lowest BCUT2D eigenvalue weighted by molar-refractivity contribution is -0.156. The summed E-state index contributed by atoms with van der Waals surface area (Å²) in [5.74, 6) is -3.06. The van der Waals surface area contributed by atoms with Gasteiger partial charge in [-0.2, -0.15) is 0 Å². The summed E-state index contributed by atoms with van der Waals surface area (Å²) in [6.07, 6.45) is -2.43. The smallest absolute Gasteiger partial charge is 0.335 e. The van der Waals surface area contributed by atoms with E-state index in [1.54, 1.807) is 65.8 Å². The zero-order valence-corrected chi connectivity index (χ0v) is 17.1. The maximum Gasteiger partial charge on any atom is 0.335 e. The lowest BCUT2D eigenvalue weighted by Crippen LogP contribution is -2.51. The minimum atomic E-state index is -1.21. The molecule has 152 valence electrons. The Bertz CT molecular complexity index is 770. The number of aliphatic hydroxyl groups is 2. The van der Waals surface area contributed by atoms with Gasteiger partial charge in [0.15, 0.2) is 0 Å². The zero-order chi connectivity index (χ0) is 21.0. The molecule has 4 rings (SSSR count). The van der Waals surface area contributed by atoms with E-state index >= 15 is 0 Å². The van der Waals surface area contributed by atoms with Gasteiger partial charge >= 0.3 is 11.9 Å². The van der Waals surface area contributed by atoms with E-state index in [2.05, 4.69) is 0 Å². The van der Waals surface area contributed by atoms with Crippen LogP contribution in [0.4, 0.5) is 0 Å². The summed E-state index contributed by atoms with van der Waals surface area (Å²) in [6.45, 7) is 10.4. The van der Waals surface area contributed by atoms with E-state index in [0.29, 0.717) is 0 Å². The number of carbonyl (C=O) groups is 2. The third-order valence-corrected chi connectivity index (χ3v) is 4.85. The SMILES string of the molecule is CC(C)(C)OC(=O)C1=C(C(=O)OC(C)(C)C)[C@H]2c3ccccc3[C@@H]1[C@@H](O)[C@H]2O. The molecule has 2 bridgehead atoms. The van der Waals surface area contributed by atoms with E-state index in [9.17, 15) is 19.8 Å². The Kier molecular flexibility index (Phi) is 4.92. The molecule has 0 radical (unpaired) electrons. The lowest BCUT2D eigenvalue weighted by atomic mass is 9.61. The number of carbonyl (C=O) groups excluding carboxylic acids is 2. The highest BCUT2D eigenvalue weighted by Crippen LogP contribution is 2.53. The predicted octanol–water partition coefficient (Wildman–Crippen LogP) is 2.58. The molecule has 3 aliphatic rings. The van der Waals surface area contributed by atoms with Crippen molar-refractivity contribution in [3.63, 3.8) is 0 Å². The number of rotatable bonds is 2. The number of hydrogen-bond acceptors (Lipinski definition) is 6. The highest BCUT2D eigenvalue weighted by Gasteiger charge is 2.55. The molecule has 4 atom stereocenters. The Morgan fingerprint density at radius 1 is 0.750 bits per heavy atom. The van der Waals surface area contributed by atoms with Crippen molar-refractivity contribution in [2.24, 2.45) is 0 Å². The van der Waals surface area contributed by atoms with Gasteiger partial charge in [0.1, 0.15) is 11.2 Å². The summed E-state index contributed by atoms with van der Waals surface area (Å²) >= 11 is 0. The van der Waals surface area contributed by atoms with Gasteiger partial charge in [0.05, 0.1) is 23.4 Å². The average Bonchev–Trinajstić information content (AvgIpc) is 2.54. The van der Waals surface area contributed by atoms with Crippen LogP contribution in [0.1, 0.15) is 64.5 Å². The first-order valence-electron chi connectivity index (χ1n) is 9.47. The fraction of sp³-hybridized carbons (Fsp3) is 0.545. The van der Waals surface area contributed by atoms with Crippen molar-refractivity contribution in [3.8, 4) is 0 Å². The normalized spacial score (nSPS) is 26.7. The molecule has 28 heavy (non-hydrogen) atoms. The molecular formula is C22H28O6. The second-order valence-electron chi connectivity index (χ2n) is 9.40. The molecule has 1 aromatic rings. The van der Waals surface area contributed by atoms with Crippen LogP contribution in [0.2, 0.25) is 0 Å². The topological polar surface area (TPSA) is 93.1 Å². The highest BCUT2D eigenvalue weighted by atomic mass is 16.6. The summed E-state index contributed by atoms with van der Waals surface area (Å²) < 4.78 is 11.1. The molecule has 2 N–H and O–H groups in total. The van der Waals surface area contributed by atoms with Crippen LogP contribution in [0.3, 0.4) is 0 Å². The van der Waals surface area contributed by atoms with Crippen molar-refractivity contribution >= 4 is 11.9 Å². The highest BCUT2D eigenvalue weighted by molar-refractivity contribution is 6.04. The molecule has 0 heterocycles. The molecule has 0 unspecified atom stereocenters. The monoisotopic (exact) mass is 388 g/mol. The molecule has 6 nitrogen and oxygen atoms in total. The third-order valence-electron chi connectivity index (χ3n) is 4.85. The first kappa shape index (κ1) is 20.6. The molecular weight excluding hydrogens is 360 g/mol. The number of esters is 2. The molecule has 0 aromatic heterocycles. The van der Waals surface area contributed by atoms with Crippen LogP contribution in [0.15, 0.2) is 35.4 Å². The predicted molar refractivity (Wildman–Crippen MR) is 103 cm³/mol. The summed E-state index contributed by atoms with van der Waals surface area (Å²) in [7, 11) is 0. The van der Waals surface area contributed by atoms with Gasteiger partial charge in [-0.15, -0.1) is 0 Å². The fourth-order valence-corrected chi connectivity index (χ4v) is 3.97. The number of ether oxygens (including phenoxy) is 2. The summed E-state index contributed by atoms with van der Waals surface area (Å²) in [6, 6.07) is 7.22. The van der Waals surface area contributed by atoms with Gasteiger partial charge in [0, 0.05) is 11.8 Å². The van der Waals surface area contributed by atoms with E-state index in [1.807, 2.05) is 0 Å². The van der Waals surface area contributed by atoms with Gasteiger partial charge < -0.3 is 19.7 Å². The van der Waals surface area contributed by atoms with E-state index < -0.39 is 47.2 Å². The number of hydrogen-bond donors (Lipinski definition) is 2. The van der Waals surface area contributed by atoms with Crippen molar-refractivity contribution in [3.05, 3.63) is 46.5 Å². The first-order valence-corrected chi connectivity index (χ1v) is 9.47. The molecule has 6 heteroatoms. The maximum absolute atomic E-state index is 13.1. The van der Waals surface area contributed by atoms with Gasteiger partial charge in [0.2, 0.25) is 0 Å². The summed E-state index contributed by atoms with van der Waals surface area (Å²) in [5, 5.41) is 21.4. The minimum Gasteiger partial charge on any atom is -0.457 e. The standard InChI is InChI=1S/C22H28O6/c1-21(2,3)27-19(25)15-13-11-9-7-8-10-12(11)14(18(24)17(13)23)16(15)20(26)28-22(4,5)6/h7-10,13-14,17-18,23-24H,1-6H3/t13-,14+,17+,18-. The minimum absolute atomic E-state index is 0.0747. The van der Waals surface area contributed by atoms with Crippen molar-refractivity contribution in [2.45, 2.75) is 76.8 Å². The van der Waals surface area contributed by atoms with Gasteiger partial charge in [-0.05, 0) is 52.7 Å². The third kappa shape index (κ3) is 3.59. The van der Waals surface area contributed by atoms with E-state index in [0.717, 1.165) is 11.1 Å². The Labute approximate surface area is 165 Å². The van der Waals surface area contributed by atoms with Crippen molar-refractivity contribution in [1.82, 2.24) is 0 Å². The Morgan fingerprint density at radius 2 is 1.07 bits per heavy atom. The van der Waals surface area contributed by atoms with E-state index in [-0.39, 0.29) is 11.1 Å². The van der Waals surface area contributed by atoms with E-state index in [4.69, 9.17) is 9.47 Å². The molecule has 0 spiro atoms. The van der Waals surface area contributed by atoms with E-state index in [1.165, 1.54) is 0 Å². The largest absolute Gasteiger partial charge is 0.457 e. The summed E-state index contributed by atoms with van der Waals surface area (Å²) in [5.41, 5.74) is 0.0412. The van der Waals surface area contributed by atoms with Gasteiger partial charge in [-0.25, -0.2) is 9.59 Å². The van der Waals surface area contributed by atoms with Crippen LogP contribution in [0, 0.1) is 0 Å². The molecule has 0 amide bonds.